The van der Waals surface area contributed by atoms with Crippen LogP contribution in [0.3, 0.4) is 0 Å². The number of nitrogens with one attached hydrogen (secondary N) is 2. The average Bonchev–Trinajstić information content (AvgIpc) is 3.36. The van der Waals surface area contributed by atoms with Crippen molar-refractivity contribution in [1.29, 1.82) is 0 Å². The van der Waals surface area contributed by atoms with E-state index in [1.54, 1.807) is 18.3 Å². The number of nitrogens with zero attached hydrogens (tertiary/aromatic N) is 2. The molecule has 1 unspecified atom stereocenters. The number of aromatic nitrogens is 1. The Kier molecular flexibility index (Phi) is 6.22. The molecule has 8 heteroatoms. The number of fused-ring (bicyclic) bond motifs is 1. The van der Waals surface area contributed by atoms with Crippen LogP contribution in [-0.4, -0.2) is 27.5 Å². The standard InChI is InChI=1S/C25H18Cl2N4OS/c26-17-11-10-16(20(27)13-17)12-22-24(32)30-25(33-22)31-28-14-19-18-8-4-5-9-21(18)29-23(19)15-6-2-1-3-7-15/h1-11,13-14,22,29H,12H2,(H,30,31,32)/b28-14+. The highest BCUT2D eigenvalue weighted by molar-refractivity contribution is 8.15. The largest absolute Gasteiger partial charge is 0.354 e. The maximum Gasteiger partial charge on any atom is 0.239 e. The molecule has 5 nitrogen and oxygen atoms in total. The second-order valence-corrected chi connectivity index (χ2v) is 9.55. The van der Waals surface area contributed by atoms with Gasteiger partial charge in [-0.2, -0.15) is 5.10 Å². The molecule has 3 aromatic carbocycles. The number of halogens is 2. The molecule has 1 saturated heterocycles. The number of hydrogen-bond donors (Lipinski definition) is 2. The first-order valence-corrected chi connectivity index (χ1v) is 11.9. The van der Waals surface area contributed by atoms with Gasteiger partial charge < -0.3 is 10.3 Å². The Morgan fingerprint density at radius 2 is 1.79 bits per heavy atom. The molecule has 1 atom stereocenters. The number of benzene rings is 3. The molecule has 2 N–H and O–H groups in total. The minimum Gasteiger partial charge on any atom is -0.354 e. The van der Waals surface area contributed by atoms with Crippen LogP contribution in [0.15, 0.2) is 83.0 Å². The number of rotatable bonds is 5. The summed E-state index contributed by atoms with van der Waals surface area (Å²) in [6.07, 6.45) is 2.21. The molecule has 0 radical (unpaired) electrons. The summed E-state index contributed by atoms with van der Waals surface area (Å²) in [4.78, 5) is 15.9. The lowest BCUT2D eigenvalue weighted by atomic mass is 10.1. The minimum atomic E-state index is -0.328. The van der Waals surface area contributed by atoms with Gasteiger partial charge in [0.05, 0.1) is 17.2 Å². The average molecular weight is 493 g/mol. The Morgan fingerprint density at radius 3 is 2.61 bits per heavy atom. The van der Waals surface area contributed by atoms with Gasteiger partial charge in [-0.1, -0.05) is 89.6 Å². The van der Waals surface area contributed by atoms with Gasteiger partial charge in [-0.3, -0.25) is 4.79 Å². The van der Waals surface area contributed by atoms with Gasteiger partial charge in [0.1, 0.15) is 0 Å². The zero-order valence-corrected chi connectivity index (χ0v) is 19.6. The van der Waals surface area contributed by atoms with Crippen molar-refractivity contribution in [3.8, 4) is 11.3 Å². The van der Waals surface area contributed by atoms with Gasteiger partial charge in [0.2, 0.25) is 5.91 Å². The molecule has 0 spiro atoms. The highest BCUT2D eigenvalue weighted by Crippen LogP contribution is 2.30. The fourth-order valence-corrected chi connectivity index (χ4v) is 5.18. The maximum absolute atomic E-state index is 12.4. The Labute approximate surface area is 204 Å². The van der Waals surface area contributed by atoms with E-state index in [9.17, 15) is 4.79 Å². The zero-order chi connectivity index (χ0) is 22.8. The number of H-pyrrole nitrogens is 1. The maximum atomic E-state index is 12.4. The van der Waals surface area contributed by atoms with Gasteiger partial charge in [0.25, 0.3) is 0 Å². The van der Waals surface area contributed by atoms with E-state index in [-0.39, 0.29) is 11.2 Å². The van der Waals surface area contributed by atoms with E-state index in [2.05, 4.69) is 20.5 Å². The molecule has 1 aliphatic heterocycles. The van der Waals surface area contributed by atoms with Gasteiger partial charge in [0.15, 0.2) is 5.17 Å². The van der Waals surface area contributed by atoms with Crippen molar-refractivity contribution in [2.75, 3.05) is 0 Å². The van der Waals surface area contributed by atoms with Crippen LogP contribution in [-0.2, 0) is 11.2 Å². The van der Waals surface area contributed by atoms with E-state index in [0.717, 1.165) is 33.3 Å². The van der Waals surface area contributed by atoms with Crippen LogP contribution in [0, 0.1) is 0 Å². The normalized spacial score (nSPS) is 17.3. The van der Waals surface area contributed by atoms with Crippen molar-refractivity contribution in [2.24, 2.45) is 10.2 Å². The number of carbonyl (C=O) groups is 1. The molecule has 1 fully saturated rings. The molecule has 4 aromatic rings. The Morgan fingerprint density at radius 1 is 1.00 bits per heavy atom. The molecule has 0 saturated carbocycles. The van der Waals surface area contributed by atoms with Gasteiger partial charge in [-0.25, -0.2) is 0 Å². The third kappa shape index (κ3) is 4.69. The van der Waals surface area contributed by atoms with Gasteiger partial charge in [-0.15, -0.1) is 5.10 Å². The smallest absolute Gasteiger partial charge is 0.239 e. The van der Waals surface area contributed by atoms with Crippen LogP contribution in [0.1, 0.15) is 11.1 Å². The third-order valence-electron chi connectivity index (χ3n) is 5.34. The molecule has 1 aromatic heterocycles. The van der Waals surface area contributed by atoms with E-state index < -0.39 is 0 Å². The van der Waals surface area contributed by atoms with Crippen LogP contribution in [0.2, 0.25) is 10.0 Å². The fraction of sp³-hybridized carbons (Fsp3) is 0.0800. The van der Waals surface area contributed by atoms with Crippen LogP contribution in [0.25, 0.3) is 22.2 Å². The number of hydrogen-bond acceptors (Lipinski definition) is 4. The first-order valence-electron chi connectivity index (χ1n) is 10.3. The van der Waals surface area contributed by atoms with E-state index in [1.165, 1.54) is 11.8 Å². The van der Waals surface area contributed by atoms with Crippen molar-refractivity contribution in [1.82, 2.24) is 10.3 Å². The second-order valence-electron chi connectivity index (χ2n) is 7.51. The van der Waals surface area contributed by atoms with Crippen molar-refractivity contribution >= 4 is 63.2 Å². The quantitative estimate of drug-likeness (QED) is 0.253. The van der Waals surface area contributed by atoms with Crippen LogP contribution in [0.5, 0.6) is 0 Å². The predicted octanol–water partition coefficient (Wildman–Crippen LogP) is 6.31. The Bertz CT molecular complexity index is 1400. The van der Waals surface area contributed by atoms with Gasteiger partial charge >= 0.3 is 0 Å². The summed E-state index contributed by atoms with van der Waals surface area (Å²) in [6.45, 7) is 0. The lowest BCUT2D eigenvalue weighted by Gasteiger charge is -2.07. The number of aromatic amines is 1. The lowest BCUT2D eigenvalue weighted by Crippen LogP contribution is -2.26. The molecule has 0 aliphatic carbocycles. The molecule has 0 bridgehead atoms. The van der Waals surface area contributed by atoms with E-state index >= 15 is 0 Å². The van der Waals surface area contributed by atoms with Crippen molar-refractivity contribution in [3.63, 3.8) is 0 Å². The van der Waals surface area contributed by atoms with E-state index in [4.69, 9.17) is 23.2 Å². The molecule has 2 heterocycles. The van der Waals surface area contributed by atoms with Crippen LogP contribution < -0.4 is 5.32 Å². The Balaban J connectivity index is 1.38. The predicted molar refractivity (Wildman–Crippen MR) is 138 cm³/mol. The summed E-state index contributed by atoms with van der Waals surface area (Å²) in [7, 11) is 0. The molecule has 33 heavy (non-hydrogen) atoms. The highest BCUT2D eigenvalue weighted by Gasteiger charge is 2.31. The third-order valence-corrected chi connectivity index (χ3v) is 7.00. The van der Waals surface area contributed by atoms with Gasteiger partial charge in [-0.05, 0) is 35.7 Å². The highest BCUT2D eigenvalue weighted by atomic mass is 35.5. The summed E-state index contributed by atoms with van der Waals surface area (Å²) < 4.78 is 0. The lowest BCUT2D eigenvalue weighted by molar-refractivity contribution is -0.118. The van der Waals surface area contributed by atoms with E-state index in [1.807, 2.05) is 60.7 Å². The Hall–Kier alpha value is -3.06. The zero-order valence-electron chi connectivity index (χ0n) is 17.3. The number of amides is 1. The molecular formula is C25H18Cl2N4OS. The number of thioether (sulfide) groups is 1. The summed E-state index contributed by atoms with van der Waals surface area (Å²) >= 11 is 13.6. The first-order chi connectivity index (χ1) is 16.1. The molecular weight excluding hydrogens is 475 g/mol. The summed E-state index contributed by atoms with van der Waals surface area (Å²) in [6, 6.07) is 23.4. The van der Waals surface area contributed by atoms with E-state index in [0.29, 0.717) is 21.6 Å². The van der Waals surface area contributed by atoms with Crippen molar-refractivity contribution in [3.05, 3.63) is 94.0 Å². The number of para-hydroxylation sites is 1. The second kappa shape index (κ2) is 9.43. The number of amidine groups is 1. The van der Waals surface area contributed by atoms with Gasteiger partial charge in [0, 0.05) is 26.5 Å². The van der Waals surface area contributed by atoms with Crippen LogP contribution in [0.4, 0.5) is 0 Å². The number of carbonyl (C=O) groups excluding carboxylic acids is 1. The van der Waals surface area contributed by atoms with Crippen molar-refractivity contribution in [2.45, 2.75) is 11.7 Å². The topological polar surface area (TPSA) is 69.6 Å². The monoisotopic (exact) mass is 492 g/mol. The molecule has 1 aliphatic rings. The molecule has 5 rings (SSSR count). The molecule has 164 valence electrons. The first kappa shape index (κ1) is 21.8. The van der Waals surface area contributed by atoms with Crippen molar-refractivity contribution < 1.29 is 4.79 Å². The fourth-order valence-electron chi connectivity index (χ4n) is 3.74. The molecule has 1 amide bonds. The minimum absolute atomic E-state index is 0.114. The SMILES string of the molecule is O=C1N/C(=N\N=C\c2c(-c3ccccc3)[nH]c3ccccc23)SC1Cc1ccc(Cl)cc1Cl. The summed E-state index contributed by atoms with van der Waals surface area (Å²) in [5.41, 5.74) is 4.86. The summed E-state index contributed by atoms with van der Waals surface area (Å²) in [5, 5.41) is 13.7. The van der Waals surface area contributed by atoms with Crippen LogP contribution >= 0.6 is 35.0 Å². The summed E-state index contributed by atoms with van der Waals surface area (Å²) in [5.74, 6) is -0.114.